The van der Waals surface area contributed by atoms with Crippen molar-refractivity contribution in [1.29, 1.82) is 0 Å². The number of hydrogen-bond donors (Lipinski definition) is 1. The molecule has 0 aromatic heterocycles. The summed E-state index contributed by atoms with van der Waals surface area (Å²) in [5.41, 5.74) is 1.44. The lowest BCUT2D eigenvalue weighted by Gasteiger charge is -2.10. The van der Waals surface area contributed by atoms with Crippen molar-refractivity contribution in [2.45, 2.75) is 0 Å². The first-order valence-corrected chi connectivity index (χ1v) is 3.94. The standard InChI is InChI=1S/C7H5BrN2O/c8-5-1-2-6-7(3-5)10(11)4-9-6/h1-4,10H. The molecule has 0 fully saturated rings. The lowest BCUT2D eigenvalue weighted by atomic mass is 10.3. The SMILES string of the molecule is [O-][NH+]1C=Nc2ccc(Br)cc21. The molecule has 0 bridgehead atoms. The van der Waals surface area contributed by atoms with Gasteiger partial charge >= 0.3 is 0 Å². The number of halogens is 1. The molecule has 1 aliphatic heterocycles. The molecule has 0 spiro atoms. The highest BCUT2D eigenvalue weighted by Gasteiger charge is 2.13. The van der Waals surface area contributed by atoms with Gasteiger partial charge in [0.2, 0.25) is 0 Å². The number of rotatable bonds is 0. The van der Waals surface area contributed by atoms with Crippen molar-refractivity contribution in [1.82, 2.24) is 0 Å². The van der Waals surface area contributed by atoms with Crippen LogP contribution in [0, 0.1) is 5.21 Å². The van der Waals surface area contributed by atoms with Gasteiger partial charge in [0.1, 0.15) is 5.69 Å². The maximum Gasteiger partial charge on any atom is 0.194 e. The minimum absolute atomic E-state index is 0.0127. The zero-order chi connectivity index (χ0) is 7.84. The molecule has 1 atom stereocenters. The Bertz CT molecular complexity index is 324. The van der Waals surface area contributed by atoms with Crippen LogP contribution >= 0.6 is 15.9 Å². The maximum atomic E-state index is 11.0. The monoisotopic (exact) mass is 212 g/mol. The third-order valence-electron chi connectivity index (χ3n) is 1.54. The molecule has 1 aromatic carbocycles. The third kappa shape index (κ3) is 1.09. The van der Waals surface area contributed by atoms with E-state index < -0.39 is 0 Å². The van der Waals surface area contributed by atoms with E-state index in [1.165, 1.54) is 6.34 Å². The van der Waals surface area contributed by atoms with Gasteiger partial charge in [-0.25, -0.2) is 0 Å². The van der Waals surface area contributed by atoms with Crippen molar-refractivity contribution in [2.24, 2.45) is 4.99 Å². The normalized spacial score (nSPS) is 20.4. The van der Waals surface area contributed by atoms with E-state index in [1.807, 2.05) is 12.1 Å². The van der Waals surface area contributed by atoms with Crippen molar-refractivity contribution in [3.8, 4) is 0 Å². The van der Waals surface area contributed by atoms with E-state index in [0.717, 1.165) is 10.2 Å². The van der Waals surface area contributed by atoms with Crippen LogP contribution in [0.4, 0.5) is 11.4 Å². The number of benzene rings is 1. The number of quaternary nitrogens is 1. The molecule has 1 aliphatic rings. The minimum Gasteiger partial charge on any atom is -0.623 e. The smallest absolute Gasteiger partial charge is 0.194 e. The summed E-state index contributed by atoms with van der Waals surface area (Å²) in [4.78, 5) is 3.93. The fraction of sp³-hybridized carbons (Fsp3) is 0. The quantitative estimate of drug-likeness (QED) is 0.645. The highest BCUT2D eigenvalue weighted by molar-refractivity contribution is 9.10. The van der Waals surface area contributed by atoms with Gasteiger partial charge in [-0.1, -0.05) is 15.9 Å². The average molecular weight is 213 g/mol. The van der Waals surface area contributed by atoms with E-state index in [1.54, 1.807) is 6.07 Å². The second-order valence-electron chi connectivity index (χ2n) is 2.28. The predicted octanol–water partition coefficient (Wildman–Crippen LogP) is 1.14. The van der Waals surface area contributed by atoms with Gasteiger partial charge < -0.3 is 5.21 Å². The molecule has 0 saturated heterocycles. The van der Waals surface area contributed by atoms with Gasteiger partial charge in [0.25, 0.3) is 0 Å². The summed E-state index contributed by atoms with van der Waals surface area (Å²) in [6.07, 6.45) is 1.34. The molecule has 1 unspecified atom stereocenters. The van der Waals surface area contributed by atoms with Crippen molar-refractivity contribution < 1.29 is 5.06 Å². The van der Waals surface area contributed by atoms with Gasteiger partial charge in [-0.05, 0) is 12.1 Å². The molecule has 3 nitrogen and oxygen atoms in total. The lowest BCUT2D eigenvalue weighted by Crippen LogP contribution is -2.99. The van der Waals surface area contributed by atoms with Crippen LogP contribution in [0.2, 0.25) is 0 Å². The molecular formula is C7H5BrN2O. The van der Waals surface area contributed by atoms with Crippen LogP contribution in [-0.4, -0.2) is 6.34 Å². The van der Waals surface area contributed by atoms with Gasteiger partial charge in [0, 0.05) is 10.5 Å². The van der Waals surface area contributed by atoms with E-state index in [-0.39, 0.29) is 5.06 Å². The zero-order valence-corrected chi connectivity index (χ0v) is 7.13. The summed E-state index contributed by atoms with van der Waals surface area (Å²) in [7, 11) is 0. The molecule has 11 heavy (non-hydrogen) atoms. The van der Waals surface area contributed by atoms with Crippen LogP contribution in [0.5, 0.6) is 0 Å². The summed E-state index contributed by atoms with van der Waals surface area (Å²) >= 11 is 3.28. The number of nitrogens with one attached hydrogen (secondary N) is 1. The number of hydrogen-bond acceptors (Lipinski definition) is 2. The molecule has 2 rings (SSSR count). The number of hydroxylamine groups is 1. The summed E-state index contributed by atoms with van der Waals surface area (Å²) in [6, 6.07) is 5.47. The summed E-state index contributed by atoms with van der Waals surface area (Å²) in [6.45, 7) is 0. The van der Waals surface area contributed by atoms with Crippen LogP contribution in [0.15, 0.2) is 27.7 Å². The van der Waals surface area contributed by atoms with E-state index in [0.29, 0.717) is 5.69 Å². The van der Waals surface area contributed by atoms with Crippen molar-refractivity contribution in [2.75, 3.05) is 0 Å². The van der Waals surface area contributed by atoms with Crippen LogP contribution in [0.25, 0.3) is 0 Å². The van der Waals surface area contributed by atoms with E-state index in [2.05, 4.69) is 20.9 Å². The lowest BCUT2D eigenvalue weighted by molar-refractivity contribution is -0.655. The molecule has 56 valence electrons. The van der Waals surface area contributed by atoms with E-state index in [9.17, 15) is 5.21 Å². The Hall–Kier alpha value is -0.710. The first-order valence-electron chi connectivity index (χ1n) is 3.15. The first-order chi connectivity index (χ1) is 5.27. The van der Waals surface area contributed by atoms with Crippen LogP contribution in [0.1, 0.15) is 0 Å². The first kappa shape index (κ1) is 6.97. The molecule has 0 saturated carbocycles. The Morgan fingerprint density at radius 3 is 3.09 bits per heavy atom. The van der Waals surface area contributed by atoms with Crippen molar-refractivity contribution in [3.05, 3.63) is 27.9 Å². The highest BCUT2D eigenvalue weighted by Crippen LogP contribution is 2.26. The second-order valence-corrected chi connectivity index (χ2v) is 3.20. The Labute approximate surface area is 72.1 Å². The van der Waals surface area contributed by atoms with Gasteiger partial charge in [-0.3, -0.25) is 5.06 Å². The zero-order valence-electron chi connectivity index (χ0n) is 5.54. The fourth-order valence-corrected chi connectivity index (χ4v) is 1.38. The summed E-state index contributed by atoms with van der Waals surface area (Å²) in [5.74, 6) is 0. The third-order valence-corrected chi connectivity index (χ3v) is 2.04. The average Bonchev–Trinajstić information content (AvgIpc) is 2.33. The van der Waals surface area contributed by atoms with Gasteiger partial charge in [0.15, 0.2) is 12.0 Å². The molecule has 0 amide bonds. The van der Waals surface area contributed by atoms with Crippen LogP contribution < -0.4 is 5.06 Å². The maximum absolute atomic E-state index is 11.0. The summed E-state index contributed by atoms with van der Waals surface area (Å²) < 4.78 is 0.912. The topological polar surface area (TPSA) is 39.9 Å². The largest absolute Gasteiger partial charge is 0.623 e. The molecule has 1 aromatic rings. The Balaban J connectivity index is 2.58. The van der Waals surface area contributed by atoms with Crippen molar-refractivity contribution >= 4 is 33.6 Å². The molecule has 1 heterocycles. The Kier molecular flexibility index (Phi) is 1.52. The molecule has 1 N–H and O–H groups in total. The fourth-order valence-electron chi connectivity index (χ4n) is 1.02. The molecule has 4 heteroatoms. The highest BCUT2D eigenvalue weighted by atomic mass is 79.9. The van der Waals surface area contributed by atoms with Gasteiger partial charge in [-0.2, -0.15) is 4.99 Å². The molecular weight excluding hydrogens is 208 g/mol. The van der Waals surface area contributed by atoms with Gasteiger partial charge in [-0.15, -0.1) is 0 Å². The number of fused-ring (bicyclic) bond motifs is 1. The Morgan fingerprint density at radius 2 is 2.27 bits per heavy atom. The second kappa shape index (κ2) is 2.41. The summed E-state index contributed by atoms with van der Waals surface area (Å²) in [5, 5.41) is 11.0. The minimum atomic E-state index is -0.0127. The Morgan fingerprint density at radius 1 is 1.45 bits per heavy atom. The van der Waals surface area contributed by atoms with E-state index in [4.69, 9.17) is 0 Å². The van der Waals surface area contributed by atoms with Crippen LogP contribution in [0.3, 0.4) is 0 Å². The molecule has 0 radical (unpaired) electrons. The number of nitrogens with zero attached hydrogens (tertiary/aromatic N) is 1. The number of aliphatic imine (C=N–C) groups is 1. The van der Waals surface area contributed by atoms with Crippen LogP contribution in [-0.2, 0) is 0 Å². The van der Waals surface area contributed by atoms with Gasteiger partial charge in [0.05, 0.1) is 0 Å². The molecule has 0 aliphatic carbocycles. The van der Waals surface area contributed by atoms with E-state index >= 15 is 0 Å². The predicted molar refractivity (Wildman–Crippen MR) is 46.3 cm³/mol. The van der Waals surface area contributed by atoms with Crippen molar-refractivity contribution in [3.63, 3.8) is 0 Å².